The number of fused-ring (bicyclic) bond motifs is 1. The maximum Gasteiger partial charge on any atom is 0.347 e. The van der Waals surface area contributed by atoms with E-state index in [0.717, 1.165) is 5.56 Å². The molecule has 0 radical (unpaired) electrons. The topological polar surface area (TPSA) is 107 Å². The number of esters is 1. The molecular weight excluding hydrogens is 378 g/mol. The molecule has 2 aromatic carbocycles. The molecular formula is C20H19N3O6. The number of nitrogens with zero attached hydrogens (tertiary/aromatic N) is 2. The van der Waals surface area contributed by atoms with Crippen molar-refractivity contribution in [2.45, 2.75) is 0 Å². The molecule has 0 unspecified atom stereocenters. The van der Waals surface area contributed by atoms with Crippen molar-refractivity contribution in [2.24, 2.45) is 5.16 Å². The molecule has 3 rings (SSSR count). The molecule has 0 fully saturated rings. The highest BCUT2D eigenvalue weighted by Gasteiger charge is 2.27. The quantitative estimate of drug-likeness (QED) is 0.432. The van der Waals surface area contributed by atoms with Crippen molar-refractivity contribution in [2.75, 3.05) is 37.1 Å². The smallest absolute Gasteiger partial charge is 0.347 e. The van der Waals surface area contributed by atoms with Crippen LogP contribution in [0, 0.1) is 0 Å². The number of amides is 2. The molecule has 2 amide bonds. The summed E-state index contributed by atoms with van der Waals surface area (Å²) in [5, 5.41) is 6.36. The Labute approximate surface area is 166 Å². The van der Waals surface area contributed by atoms with Gasteiger partial charge in [-0.05, 0) is 42.0 Å². The van der Waals surface area contributed by atoms with Crippen LogP contribution in [-0.4, -0.2) is 50.9 Å². The molecule has 0 spiro atoms. The molecule has 0 atom stereocenters. The first-order valence-corrected chi connectivity index (χ1v) is 8.71. The summed E-state index contributed by atoms with van der Waals surface area (Å²) in [4.78, 5) is 42.0. The number of ether oxygens (including phenoxy) is 2. The number of anilines is 2. The number of rotatable bonds is 7. The highest BCUT2D eigenvalue weighted by Crippen LogP contribution is 2.28. The van der Waals surface area contributed by atoms with Gasteiger partial charge in [0.05, 0.1) is 24.7 Å². The van der Waals surface area contributed by atoms with Gasteiger partial charge in [0.25, 0.3) is 5.91 Å². The van der Waals surface area contributed by atoms with E-state index in [4.69, 9.17) is 14.3 Å². The molecule has 9 nitrogen and oxygen atoms in total. The van der Waals surface area contributed by atoms with E-state index in [0.29, 0.717) is 17.1 Å². The summed E-state index contributed by atoms with van der Waals surface area (Å²) < 4.78 is 9.96. The Balaban J connectivity index is 1.45. The minimum absolute atomic E-state index is 0.143. The zero-order valence-electron chi connectivity index (χ0n) is 15.7. The van der Waals surface area contributed by atoms with E-state index in [1.165, 1.54) is 11.1 Å². The standard InChI is InChI=1S/C20H19N3O6/c1-27-15-8-6-14(7-9-15)10-21-29-13-20(26)28-12-19(25)23-11-18(24)22-16-4-2-3-5-17(16)23/h2-10H,11-13H2,1H3,(H,22,24)/b21-10-. The third-order valence-electron chi connectivity index (χ3n) is 4.00. The highest BCUT2D eigenvalue weighted by molar-refractivity contribution is 6.10. The predicted molar refractivity (Wildman–Crippen MR) is 105 cm³/mol. The lowest BCUT2D eigenvalue weighted by Gasteiger charge is -2.28. The number of carbonyl (C=O) groups excluding carboxylic acids is 3. The molecule has 0 aromatic heterocycles. The van der Waals surface area contributed by atoms with Crippen molar-refractivity contribution < 1.29 is 28.7 Å². The van der Waals surface area contributed by atoms with Crippen LogP contribution in [0.25, 0.3) is 0 Å². The number of methoxy groups -OCH3 is 1. The Morgan fingerprint density at radius 2 is 1.90 bits per heavy atom. The lowest BCUT2D eigenvalue weighted by Crippen LogP contribution is -2.44. The van der Waals surface area contributed by atoms with Gasteiger partial charge in [0.15, 0.2) is 6.61 Å². The lowest BCUT2D eigenvalue weighted by molar-refractivity contribution is -0.152. The van der Waals surface area contributed by atoms with Gasteiger partial charge >= 0.3 is 5.97 Å². The van der Waals surface area contributed by atoms with E-state index in [9.17, 15) is 14.4 Å². The maximum absolute atomic E-state index is 12.4. The molecule has 150 valence electrons. The SMILES string of the molecule is COc1ccc(/C=N\OCC(=O)OCC(=O)N2CC(=O)Nc3ccccc32)cc1. The third kappa shape index (κ3) is 5.32. The number of oxime groups is 1. The van der Waals surface area contributed by atoms with E-state index in [1.54, 1.807) is 55.6 Å². The van der Waals surface area contributed by atoms with Crippen LogP contribution in [0.2, 0.25) is 0 Å². The molecule has 0 bridgehead atoms. The van der Waals surface area contributed by atoms with Crippen molar-refractivity contribution in [3.63, 3.8) is 0 Å². The fourth-order valence-electron chi connectivity index (χ4n) is 2.60. The number of hydrogen-bond acceptors (Lipinski definition) is 7. The highest BCUT2D eigenvalue weighted by atomic mass is 16.7. The van der Waals surface area contributed by atoms with Gasteiger partial charge in [-0.2, -0.15) is 0 Å². The second-order valence-electron chi connectivity index (χ2n) is 5.99. The molecule has 2 aromatic rings. The number of nitrogens with one attached hydrogen (secondary N) is 1. The van der Waals surface area contributed by atoms with E-state index in [2.05, 4.69) is 10.5 Å². The zero-order chi connectivity index (χ0) is 20.6. The molecule has 1 N–H and O–H groups in total. The summed E-state index contributed by atoms with van der Waals surface area (Å²) in [5.41, 5.74) is 1.84. The third-order valence-corrected chi connectivity index (χ3v) is 4.00. The first-order chi connectivity index (χ1) is 14.1. The average molecular weight is 397 g/mol. The molecule has 1 aliphatic rings. The molecule has 29 heavy (non-hydrogen) atoms. The minimum atomic E-state index is -0.750. The largest absolute Gasteiger partial charge is 0.497 e. The summed E-state index contributed by atoms with van der Waals surface area (Å²) in [7, 11) is 1.57. The molecule has 9 heteroatoms. The van der Waals surface area contributed by atoms with Crippen LogP contribution < -0.4 is 15.0 Å². The van der Waals surface area contributed by atoms with Gasteiger partial charge in [-0.25, -0.2) is 4.79 Å². The summed E-state index contributed by atoms with van der Waals surface area (Å²) >= 11 is 0. The number of carbonyl (C=O) groups is 3. The average Bonchev–Trinajstić information content (AvgIpc) is 2.74. The zero-order valence-corrected chi connectivity index (χ0v) is 15.7. The Morgan fingerprint density at radius 3 is 2.66 bits per heavy atom. The van der Waals surface area contributed by atoms with E-state index in [1.807, 2.05) is 0 Å². The van der Waals surface area contributed by atoms with Gasteiger partial charge in [-0.15, -0.1) is 0 Å². The Kier molecular flexibility index (Phi) is 6.41. The summed E-state index contributed by atoms with van der Waals surface area (Å²) in [6, 6.07) is 14.0. The van der Waals surface area contributed by atoms with Gasteiger partial charge < -0.3 is 19.6 Å². The van der Waals surface area contributed by atoms with Crippen LogP contribution in [0.5, 0.6) is 5.75 Å². The van der Waals surface area contributed by atoms with E-state index < -0.39 is 25.1 Å². The van der Waals surface area contributed by atoms with Crippen molar-refractivity contribution >= 4 is 35.4 Å². The maximum atomic E-state index is 12.4. The second-order valence-corrected chi connectivity index (χ2v) is 5.99. The molecule has 1 aliphatic heterocycles. The Bertz CT molecular complexity index is 926. The van der Waals surface area contributed by atoms with Crippen LogP contribution in [0.15, 0.2) is 53.7 Å². The predicted octanol–water partition coefficient (Wildman–Crippen LogP) is 1.57. The Morgan fingerprint density at radius 1 is 1.14 bits per heavy atom. The first-order valence-electron chi connectivity index (χ1n) is 8.71. The minimum Gasteiger partial charge on any atom is -0.497 e. The number of para-hydroxylation sites is 2. The fraction of sp³-hybridized carbons (Fsp3) is 0.200. The van der Waals surface area contributed by atoms with Gasteiger partial charge in [0.1, 0.15) is 12.3 Å². The molecule has 0 saturated heterocycles. The van der Waals surface area contributed by atoms with Crippen molar-refractivity contribution in [3.05, 3.63) is 54.1 Å². The van der Waals surface area contributed by atoms with E-state index >= 15 is 0 Å². The van der Waals surface area contributed by atoms with Crippen LogP contribution in [0.1, 0.15) is 5.56 Å². The van der Waals surface area contributed by atoms with Crippen LogP contribution in [-0.2, 0) is 24.0 Å². The Hall–Kier alpha value is -3.88. The van der Waals surface area contributed by atoms with Crippen LogP contribution in [0.4, 0.5) is 11.4 Å². The monoisotopic (exact) mass is 397 g/mol. The van der Waals surface area contributed by atoms with Crippen LogP contribution >= 0.6 is 0 Å². The fourth-order valence-corrected chi connectivity index (χ4v) is 2.60. The van der Waals surface area contributed by atoms with E-state index in [-0.39, 0.29) is 12.5 Å². The second kappa shape index (κ2) is 9.36. The number of hydrogen-bond donors (Lipinski definition) is 1. The summed E-state index contributed by atoms with van der Waals surface area (Å²) in [6.45, 7) is -1.10. The van der Waals surface area contributed by atoms with Crippen molar-refractivity contribution in [3.8, 4) is 5.75 Å². The van der Waals surface area contributed by atoms with Crippen molar-refractivity contribution in [1.29, 1.82) is 0 Å². The van der Waals surface area contributed by atoms with Crippen LogP contribution in [0.3, 0.4) is 0 Å². The molecule has 0 saturated carbocycles. The van der Waals surface area contributed by atoms with Gasteiger partial charge in [-0.1, -0.05) is 17.3 Å². The molecule has 1 heterocycles. The van der Waals surface area contributed by atoms with Gasteiger partial charge in [-0.3, -0.25) is 14.5 Å². The summed E-state index contributed by atoms with van der Waals surface area (Å²) in [5.74, 6) is -0.868. The molecule has 0 aliphatic carbocycles. The summed E-state index contributed by atoms with van der Waals surface area (Å²) in [6.07, 6.45) is 1.43. The normalized spacial score (nSPS) is 12.9. The lowest BCUT2D eigenvalue weighted by atomic mass is 10.2. The number of benzene rings is 2. The first kappa shape index (κ1) is 19.9. The van der Waals surface area contributed by atoms with Gasteiger partial charge in [0.2, 0.25) is 12.5 Å². The van der Waals surface area contributed by atoms with Crippen molar-refractivity contribution in [1.82, 2.24) is 0 Å². The van der Waals surface area contributed by atoms with Gasteiger partial charge in [0, 0.05) is 0 Å².